The number of hydrogen-bond acceptors (Lipinski definition) is 4. The van der Waals surface area contributed by atoms with Crippen molar-refractivity contribution in [1.82, 2.24) is 4.98 Å². The molecule has 0 atom stereocenters. The first-order valence-corrected chi connectivity index (χ1v) is 8.96. The standard InChI is InChI=1S/C21H18N2OS/c1-24-18-10-7-16(8-11-18)17-9-12-19-20(13-17)25-21(23-19)22-14-15-5-3-2-4-6-15/h2-13H,14H2,1H3,(H,22,23). The summed E-state index contributed by atoms with van der Waals surface area (Å²) in [5.41, 5.74) is 4.64. The quantitative estimate of drug-likeness (QED) is 0.512. The summed E-state index contributed by atoms with van der Waals surface area (Å²) in [6.45, 7) is 0.784. The minimum absolute atomic E-state index is 0.784. The van der Waals surface area contributed by atoms with Crippen LogP contribution in [0.5, 0.6) is 5.75 Å². The second-order valence-corrected chi connectivity index (χ2v) is 6.80. The molecule has 0 fully saturated rings. The molecule has 0 aliphatic rings. The summed E-state index contributed by atoms with van der Waals surface area (Å²) >= 11 is 1.69. The molecule has 4 aromatic rings. The summed E-state index contributed by atoms with van der Waals surface area (Å²) in [7, 11) is 1.68. The summed E-state index contributed by atoms with van der Waals surface area (Å²) in [6.07, 6.45) is 0. The molecule has 0 aliphatic carbocycles. The van der Waals surface area contributed by atoms with Crippen LogP contribution in [-0.4, -0.2) is 12.1 Å². The number of ether oxygens (including phenoxy) is 1. The topological polar surface area (TPSA) is 34.1 Å². The van der Waals surface area contributed by atoms with Gasteiger partial charge < -0.3 is 10.1 Å². The first kappa shape index (κ1) is 15.7. The third-order valence-corrected chi connectivity index (χ3v) is 5.07. The lowest BCUT2D eigenvalue weighted by Gasteiger charge is -2.03. The Balaban J connectivity index is 1.56. The predicted octanol–water partition coefficient (Wildman–Crippen LogP) is 5.58. The Labute approximate surface area is 150 Å². The number of nitrogens with zero attached hydrogens (tertiary/aromatic N) is 1. The summed E-state index contributed by atoms with van der Waals surface area (Å²) in [4.78, 5) is 4.68. The van der Waals surface area contributed by atoms with E-state index < -0.39 is 0 Å². The zero-order valence-corrected chi connectivity index (χ0v) is 14.7. The van der Waals surface area contributed by atoms with Gasteiger partial charge in [0, 0.05) is 6.54 Å². The van der Waals surface area contributed by atoms with E-state index >= 15 is 0 Å². The molecule has 0 saturated carbocycles. The number of anilines is 1. The molecule has 0 unspecified atom stereocenters. The van der Waals surface area contributed by atoms with Crippen LogP contribution in [0.1, 0.15) is 5.56 Å². The number of methoxy groups -OCH3 is 1. The van der Waals surface area contributed by atoms with Crippen LogP contribution in [0, 0.1) is 0 Å². The van der Waals surface area contributed by atoms with Crippen LogP contribution < -0.4 is 10.1 Å². The van der Waals surface area contributed by atoms with E-state index in [1.54, 1.807) is 18.4 Å². The Morgan fingerprint density at radius 1 is 0.920 bits per heavy atom. The average Bonchev–Trinajstić information content (AvgIpc) is 3.09. The van der Waals surface area contributed by atoms with Crippen LogP contribution in [0.3, 0.4) is 0 Å². The fourth-order valence-corrected chi connectivity index (χ4v) is 3.64. The first-order valence-electron chi connectivity index (χ1n) is 8.15. The first-order chi connectivity index (χ1) is 12.3. The minimum Gasteiger partial charge on any atom is -0.497 e. The number of hydrogen-bond donors (Lipinski definition) is 1. The molecule has 1 heterocycles. The van der Waals surface area contributed by atoms with Crippen molar-refractivity contribution in [3.8, 4) is 16.9 Å². The van der Waals surface area contributed by atoms with Gasteiger partial charge in [-0.05, 0) is 41.0 Å². The van der Waals surface area contributed by atoms with Crippen molar-refractivity contribution in [1.29, 1.82) is 0 Å². The van der Waals surface area contributed by atoms with Gasteiger partial charge in [0.1, 0.15) is 5.75 Å². The van der Waals surface area contributed by atoms with E-state index in [4.69, 9.17) is 4.74 Å². The Morgan fingerprint density at radius 3 is 2.44 bits per heavy atom. The molecule has 25 heavy (non-hydrogen) atoms. The van der Waals surface area contributed by atoms with Gasteiger partial charge >= 0.3 is 0 Å². The Kier molecular flexibility index (Phi) is 4.36. The summed E-state index contributed by atoms with van der Waals surface area (Å²) < 4.78 is 6.41. The maximum Gasteiger partial charge on any atom is 0.184 e. The number of fused-ring (bicyclic) bond motifs is 1. The molecule has 0 radical (unpaired) electrons. The van der Waals surface area contributed by atoms with Crippen LogP contribution in [-0.2, 0) is 6.54 Å². The van der Waals surface area contributed by atoms with E-state index in [0.717, 1.165) is 22.9 Å². The molecular weight excluding hydrogens is 328 g/mol. The second kappa shape index (κ2) is 6.95. The molecule has 4 heteroatoms. The average molecular weight is 346 g/mol. The molecule has 1 aromatic heterocycles. The summed E-state index contributed by atoms with van der Waals surface area (Å²) in [5, 5.41) is 4.37. The molecular formula is C21H18N2OS. The molecule has 0 spiro atoms. The lowest BCUT2D eigenvalue weighted by atomic mass is 10.1. The third kappa shape index (κ3) is 3.49. The highest BCUT2D eigenvalue weighted by Crippen LogP contribution is 2.31. The van der Waals surface area contributed by atoms with Crippen molar-refractivity contribution in [3.05, 3.63) is 78.4 Å². The SMILES string of the molecule is COc1ccc(-c2ccc3nc(NCc4ccccc4)sc3c2)cc1. The monoisotopic (exact) mass is 346 g/mol. The van der Waals surface area contributed by atoms with Gasteiger partial charge in [-0.2, -0.15) is 0 Å². The zero-order valence-electron chi connectivity index (χ0n) is 13.9. The lowest BCUT2D eigenvalue weighted by molar-refractivity contribution is 0.415. The van der Waals surface area contributed by atoms with Gasteiger partial charge in [0.2, 0.25) is 0 Å². The number of rotatable bonds is 5. The van der Waals surface area contributed by atoms with Gasteiger partial charge in [-0.1, -0.05) is 59.9 Å². The van der Waals surface area contributed by atoms with E-state index in [-0.39, 0.29) is 0 Å². The van der Waals surface area contributed by atoms with E-state index in [0.29, 0.717) is 0 Å². The molecule has 3 nitrogen and oxygen atoms in total. The Bertz CT molecular complexity index is 978. The van der Waals surface area contributed by atoms with Crippen LogP contribution in [0.2, 0.25) is 0 Å². The smallest absolute Gasteiger partial charge is 0.184 e. The van der Waals surface area contributed by atoms with Gasteiger partial charge in [-0.25, -0.2) is 4.98 Å². The highest BCUT2D eigenvalue weighted by molar-refractivity contribution is 7.22. The van der Waals surface area contributed by atoms with Gasteiger partial charge in [0.25, 0.3) is 0 Å². The minimum atomic E-state index is 0.784. The molecule has 0 aliphatic heterocycles. The maximum absolute atomic E-state index is 5.23. The molecule has 0 bridgehead atoms. The van der Waals surface area contributed by atoms with Crippen molar-refractivity contribution in [2.24, 2.45) is 0 Å². The van der Waals surface area contributed by atoms with Crippen molar-refractivity contribution < 1.29 is 4.74 Å². The highest BCUT2D eigenvalue weighted by atomic mass is 32.1. The maximum atomic E-state index is 5.23. The van der Waals surface area contributed by atoms with Crippen LogP contribution in [0.15, 0.2) is 72.8 Å². The number of thiazole rings is 1. The van der Waals surface area contributed by atoms with Crippen LogP contribution in [0.4, 0.5) is 5.13 Å². The van der Waals surface area contributed by atoms with Gasteiger partial charge in [0.15, 0.2) is 5.13 Å². The van der Waals surface area contributed by atoms with Crippen molar-refractivity contribution in [2.75, 3.05) is 12.4 Å². The van der Waals surface area contributed by atoms with Gasteiger partial charge in [0.05, 0.1) is 17.3 Å². The molecule has 3 aromatic carbocycles. The molecule has 4 rings (SSSR count). The molecule has 1 N–H and O–H groups in total. The predicted molar refractivity (Wildman–Crippen MR) is 105 cm³/mol. The largest absolute Gasteiger partial charge is 0.497 e. The zero-order chi connectivity index (χ0) is 17.1. The number of benzene rings is 3. The van der Waals surface area contributed by atoms with E-state index in [1.807, 2.05) is 18.2 Å². The van der Waals surface area contributed by atoms with E-state index in [2.05, 4.69) is 64.9 Å². The molecule has 0 saturated heterocycles. The second-order valence-electron chi connectivity index (χ2n) is 5.77. The third-order valence-electron chi connectivity index (χ3n) is 4.10. The van der Waals surface area contributed by atoms with Gasteiger partial charge in [-0.15, -0.1) is 0 Å². The number of aromatic nitrogens is 1. The highest BCUT2D eigenvalue weighted by Gasteiger charge is 2.06. The Hall–Kier alpha value is -2.85. The lowest BCUT2D eigenvalue weighted by Crippen LogP contribution is -1.97. The Morgan fingerprint density at radius 2 is 1.68 bits per heavy atom. The fraction of sp³-hybridized carbons (Fsp3) is 0.0952. The summed E-state index contributed by atoms with van der Waals surface area (Å²) in [6, 6.07) is 24.9. The molecule has 124 valence electrons. The fourth-order valence-electron chi connectivity index (χ4n) is 2.74. The normalized spacial score (nSPS) is 10.8. The van der Waals surface area contributed by atoms with Crippen molar-refractivity contribution >= 4 is 26.7 Å². The van der Waals surface area contributed by atoms with Crippen LogP contribution >= 0.6 is 11.3 Å². The van der Waals surface area contributed by atoms with Crippen molar-refractivity contribution in [3.63, 3.8) is 0 Å². The van der Waals surface area contributed by atoms with Crippen LogP contribution in [0.25, 0.3) is 21.3 Å². The molecule has 0 amide bonds. The van der Waals surface area contributed by atoms with E-state index in [9.17, 15) is 0 Å². The van der Waals surface area contributed by atoms with Gasteiger partial charge in [-0.3, -0.25) is 0 Å². The summed E-state index contributed by atoms with van der Waals surface area (Å²) in [5.74, 6) is 0.870. The number of nitrogens with one attached hydrogen (secondary N) is 1. The van der Waals surface area contributed by atoms with Crippen molar-refractivity contribution in [2.45, 2.75) is 6.54 Å². The van der Waals surface area contributed by atoms with E-state index in [1.165, 1.54) is 21.4 Å².